The zero-order valence-electron chi connectivity index (χ0n) is 15.4. The van der Waals surface area contributed by atoms with Gasteiger partial charge in [-0.3, -0.25) is 4.79 Å². The maximum Gasteiger partial charge on any atom is 0.227 e. The molecular weight excluding hydrogens is 355 g/mol. The van der Waals surface area contributed by atoms with E-state index in [1.54, 1.807) is 12.1 Å². The second-order valence-electron chi connectivity index (χ2n) is 6.90. The van der Waals surface area contributed by atoms with Gasteiger partial charge in [-0.25, -0.2) is 14.4 Å². The summed E-state index contributed by atoms with van der Waals surface area (Å²) in [6.07, 6.45) is 5.14. The van der Waals surface area contributed by atoms with Crippen LogP contribution in [0.2, 0.25) is 0 Å². The maximum atomic E-state index is 13.0. The SMILES string of the molecule is O=C(Nc1ccc(F)cc1)C1CCN(c2ncc(-c3ccccc3)cn2)CC1. The van der Waals surface area contributed by atoms with Crippen LogP contribution in [-0.2, 0) is 4.79 Å². The van der Waals surface area contributed by atoms with Gasteiger partial charge < -0.3 is 10.2 Å². The van der Waals surface area contributed by atoms with E-state index in [0.717, 1.165) is 37.1 Å². The Morgan fingerprint density at radius 1 is 0.929 bits per heavy atom. The molecule has 0 radical (unpaired) electrons. The second kappa shape index (κ2) is 8.17. The van der Waals surface area contributed by atoms with Crippen LogP contribution < -0.4 is 10.2 Å². The third kappa shape index (κ3) is 4.17. The summed E-state index contributed by atoms with van der Waals surface area (Å²) in [6, 6.07) is 15.9. The van der Waals surface area contributed by atoms with Crippen molar-refractivity contribution in [2.75, 3.05) is 23.3 Å². The molecule has 1 N–H and O–H groups in total. The summed E-state index contributed by atoms with van der Waals surface area (Å²) < 4.78 is 13.0. The van der Waals surface area contributed by atoms with Crippen LogP contribution in [0.4, 0.5) is 16.0 Å². The Labute approximate surface area is 163 Å². The minimum atomic E-state index is -0.315. The van der Waals surface area contributed by atoms with E-state index < -0.39 is 0 Å². The van der Waals surface area contributed by atoms with Gasteiger partial charge in [0.1, 0.15) is 5.82 Å². The number of aromatic nitrogens is 2. The number of rotatable bonds is 4. The molecule has 1 fully saturated rings. The molecule has 2 heterocycles. The van der Waals surface area contributed by atoms with Gasteiger partial charge in [0.2, 0.25) is 11.9 Å². The van der Waals surface area contributed by atoms with Crippen molar-refractivity contribution < 1.29 is 9.18 Å². The molecule has 0 atom stereocenters. The van der Waals surface area contributed by atoms with Crippen LogP contribution in [0.5, 0.6) is 0 Å². The van der Waals surface area contributed by atoms with E-state index in [0.29, 0.717) is 11.6 Å². The van der Waals surface area contributed by atoms with Gasteiger partial charge in [0.15, 0.2) is 0 Å². The Bertz CT molecular complexity index is 921. The molecule has 5 nitrogen and oxygen atoms in total. The highest BCUT2D eigenvalue weighted by Crippen LogP contribution is 2.24. The van der Waals surface area contributed by atoms with Gasteiger partial charge in [-0.1, -0.05) is 30.3 Å². The number of piperidine rings is 1. The molecule has 0 spiro atoms. The zero-order valence-corrected chi connectivity index (χ0v) is 15.4. The van der Waals surface area contributed by atoms with Gasteiger partial charge in [-0.05, 0) is 42.7 Å². The molecule has 0 bridgehead atoms. The molecule has 6 heteroatoms. The van der Waals surface area contributed by atoms with Crippen LogP contribution in [0.1, 0.15) is 12.8 Å². The van der Waals surface area contributed by atoms with Gasteiger partial charge in [0.05, 0.1) is 0 Å². The van der Waals surface area contributed by atoms with Crippen molar-refractivity contribution in [1.82, 2.24) is 9.97 Å². The fourth-order valence-corrected chi connectivity index (χ4v) is 3.38. The molecule has 2 aromatic carbocycles. The van der Waals surface area contributed by atoms with Crippen LogP contribution in [0.25, 0.3) is 11.1 Å². The van der Waals surface area contributed by atoms with E-state index in [-0.39, 0.29) is 17.6 Å². The lowest BCUT2D eigenvalue weighted by Gasteiger charge is -2.31. The van der Waals surface area contributed by atoms with E-state index in [2.05, 4.69) is 20.2 Å². The van der Waals surface area contributed by atoms with Crippen LogP contribution >= 0.6 is 0 Å². The van der Waals surface area contributed by atoms with Crippen LogP contribution in [-0.4, -0.2) is 29.0 Å². The molecule has 0 unspecified atom stereocenters. The smallest absolute Gasteiger partial charge is 0.227 e. The minimum Gasteiger partial charge on any atom is -0.341 e. The normalized spacial score (nSPS) is 14.7. The molecule has 4 rings (SSSR count). The topological polar surface area (TPSA) is 58.1 Å². The quantitative estimate of drug-likeness (QED) is 0.744. The Balaban J connectivity index is 1.33. The molecule has 142 valence electrons. The van der Waals surface area contributed by atoms with Crippen LogP contribution in [0.15, 0.2) is 67.0 Å². The third-order valence-corrected chi connectivity index (χ3v) is 5.01. The van der Waals surface area contributed by atoms with Gasteiger partial charge in [-0.15, -0.1) is 0 Å². The van der Waals surface area contributed by atoms with Crippen molar-refractivity contribution in [2.45, 2.75) is 12.8 Å². The van der Waals surface area contributed by atoms with Crippen molar-refractivity contribution in [3.63, 3.8) is 0 Å². The van der Waals surface area contributed by atoms with Gasteiger partial charge >= 0.3 is 0 Å². The molecule has 0 aliphatic carbocycles. The van der Waals surface area contributed by atoms with E-state index in [1.165, 1.54) is 12.1 Å². The number of anilines is 2. The number of nitrogens with zero attached hydrogens (tertiary/aromatic N) is 3. The van der Waals surface area contributed by atoms with Crippen molar-refractivity contribution in [2.24, 2.45) is 5.92 Å². The van der Waals surface area contributed by atoms with E-state index in [1.807, 2.05) is 42.7 Å². The first-order chi connectivity index (χ1) is 13.7. The Morgan fingerprint density at radius 3 is 2.21 bits per heavy atom. The molecule has 1 amide bonds. The fourth-order valence-electron chi connectivity index (χ4n) is 3.38. The predicted octanol–water partition coefficient (Wildman–Crippen LogP) is 4.14. The summed E-state index contributed by atoms with van der Waals surface area (Å²) >= 11 is 0. The van der Waals surface area contributed by atoms with Crippen molar-refractivity contribution in [3.05, 3.63) is 72.8 Å². The van der Waals surface area contributed by atoms with E-state index in [9.17, 15) is 9.18 Å². The Kier molecular flexibility index (Phi) is 5.28. The standard InChI is InChI=1S/C22H21FN4O/c23-19-6-8-20(9-7-19)26-21(28)17-10-12-27(13-11-17)22-24-14-18(15-25-22)16-4-2-1-3-5-16/h1-9,14-15,17H,10-13H2,(H,26,28). The molecule has 1 saturated heterocycles. The number of nitrogens with one attached hydrogen (secondary N) is 1. The predicted molar refractivity (Wildman–Crippen MR) is 107 cm³/mol. The first kappa shape index (κ1) is 18.1. The molecule has 3 aromatic rings. The maximum absolute atomic E-state index is 13.0. The summed E-state index contributed by atoms with van der Waals surface area (Å²) in [5, 5.41) is 2.86. The first-order valence-electron chi connectivity index (χ1n) is 9.38. The number of halogens is 1. The average Bonchev–Trinajstić information content (AvgIpc) is 2.76. The van der Waals surface area contributed by atoms with Gasteiger partial charge in [-0.2, -0.15) is 0 Å². The van der Waals surface area contributed by atoms with Crippen LogP contribution in [0.3, 0.4) is 0 Å². The van der Waals surface area contributed by atoms with Crippen molar-refractivity contribution >= 4 is 17.5 Å². The summed E-state index contributed by atoms with van der Waals surface area (Å²) in [5.41, 5.74) is 2.69. The van der Waals surface area contributed by atoms with Gasteiger partial charge in [0.25, 0.3) is 0 Å². The number of benzene rings is 2. The summed E-state index contributed by atoms with van der Waals surface area (Å²) in [6.45, 7) is 1.46. The minimum absolute atomic E-state index is 0.0217. The average molecular weight is 376 g/mol. The number of amides is 1. The summed E-state index contributed by atoms with van der Waals surface area (Å²) in [7, 11) is 0. The highest BCUT2D eigenvalue weighted by molar-refractivity contribution is 5.92. The van der Waals surface area contributed by atoms with Crippen LogP contribution in [0, 0.1) is 11.7 Å². The molecular formula is C22H21FN4O. The molecule has 1 aromatic heterocycles. The molecule has 1 aliphatic heterocycles. The number of hydrogen-bond acceptors (Lipinski definition) is 4. The lowest BCUT2D eigenvalue weighted by atomic mass is 9.96. The monoisotopic (exact) mass is 376 g/mol. The molecule has 28 heavy (non-hydrogen) atoms. The van der Waals surface area contributed by atoms with E-state index in [4.69, 9.17) is 0 Å². The van der Waals surface area contributed by atoms with Crippen molar-refractivity contribution in [1.29, 1.82) is 0 Å². The molecule has 0 saturated carbocycles. The summed E-state index contributed by atoms with van der Waals surface area (Å²) in [5.74, 6) is 0.290. The number of carbonyl (C=O) groups excluding carboxylic acids is 1. The number of hydrogen-bond donors (Lipinski definition) is 1. The van der Waals surface area contributed by atoms with E-state index >= 15 is 0 Å². The van der Waals surface area contributed by atoms with Crippen molar-refractivity contribution in [3.8, 4) is 11.1 Å². The molecule has 1 aliphatic rings. The Morgan fingerprint density at radius 2 is 1.57 bits per heavy atom. The largest absolute Gasteiger partial charge is 0.341 e. The lowest BCUT2D eigenvalue weighted by molar-refractivity contribution is -0.120. The highest BCUT2D eigenvalue weighted by Gasteiger charge is 2.26. The summed E-state index contributed by atoms with van der Waals surface area (Å²) in [4.78, 5) is 23.6. The first-order valence-corrected chi connectivity index (χ1v) is 9.38. The lowest BCUT2D eigenvalue weighted by Crippen LogP contribution is -2.39. The highest BCUT2D eigenvalue weighted by atomic mass is 19.1. The number of carbonyl (C=O) groups is 1. The zero-order chi connectivity index (χ0) is 19.3. The third-order valence-electron chi connectivity index (χ3n) is 5.01. The Hall–Kier alpha value is -3.28. The second-order valence-corrected chi connectivity index (χ2v) is 6.90. The fraction of sp³-hybridized carbons (Fsp3) is 0.227. The van der Waals surface area contributed by atoms with Gasteiger partial charge in [0, 0.05) is 42.7 Å².